The fourth-order valence-electron chi connectivity index (χ4n) is 3.61. The molecule has 2 rings (SSSR count). The van der Waals surface area contributed by atoms with Crippen molar-refractivity contribution in [2.75, 3.05) is 19.0 Å². The minimum absolute atomic E-state index is 0.152. The van der Waals surface area contributed by atoms with Crippen LogP contribution in [0.25, 0.3) is 0 Å². The van der Waals surface area contributed by atoms with Crippen molar-refractivity contribution in [3.05, 3.63) is 0 Å². The van der Waals surface area contributed by atoms with Crippen LogP contribution in [-0.4, -0.2) is 155 Å². The molecule has 210 valence electrons. The lowest BCUT2D eigenvalue weighted by molar-refractivity contribution is -0.342. The van der Waals surface area contributed by atoms with Crippen LogP contribution in [0.2, 0.25) is 0 Å². The smallest absolute Gasteiger partial charge is 0.321 e. The molecular formula is C18H32N2O14S2. The number of nitrogens with two attached hydrogens (primary N) is 2. The van der Waals surface area contributed by atoms with Crippen molar-refractivity contribution in [3.63, 3.8) is 0 Å². The number of aliphatic hydroxyl groups is 7. The predicted molar refractivity (Wildman–Crippen MR) is 121 cm³/mol. The van der Waals surface area contributed by atoms with E-state index in [1.165, 1.54) is 0 Å². The molecular weight excluding hydrogens is 532 g/mol. The highest BCUT2D eigenvalue weighted by Gasteiger charge is 2.53. The monoisotopic (exact) mass is 564 g/mol. The summed E-state index contributed by atoms with van der Waals surface area (Å²) >= 11 is 0. The Hall–Kier alpha value is -0.840. The third-order valence-electron chi connectivity index (χ3n) is 5.75. The number of aliphatic hydroxyl groups excluding tert-OH is 7. The number of ether oxygens (including phenoxy) is 3. The van der Waals surface area contributed by atoms with Gasteiger partial charge in [-0.15, -0.1) is 0 Å². The van der Waals surface area contributed by atoms with E-state index in [-0.39, 0.29) is 5.75 Å². The standard InChI is InChI=1S/C18H32N2O14S2/c19-4(16(28)29)3-35-36-15(7(20)17(30)31)14-11(26)10(25)13(6(2-22)32-14)34-18-12(27)9(24)8(23)5(1-21)33-18/h4-15,18,21-27H,1-3,19-20H2,(H,28,29)(H,30,31)/t4-,5+,6+,7-,8-,9-,10+,11+,12+,13+,14?,15?,18-/m0/s1. The molecule has 2 aliphatic rings. The Balaban J connectivity index is 2.20. The summed E-state index contributed by atoms with van der Waals surface area (Å²) in [5.41, 5.74) is 11.2. The first-order valence-corrected chi connectivity index (χ1v) is 13.1. The van der Waals surface area contributed by atoms with E-state index < -0.39 is 104 Å². The minimum Gasteiger partial charge on any atom is -0.480 e. The van der Waals surface area contributed by atoms with Crippen LogP contribution < -0.4 is 11.5 Å². The molecule has 18 heteroatoms. The number of hydrogen-bond acceptors (Lipinski definition) is 16. The molecule has 0 aromatic rings. The molecule has 13 N–H and O–H groups in total. The Morgan fingerprint density at radius 3 is 1.97 bits per heavy atom. The van der Waals surface area contributed by atoms with Gasteiger partial charge >= 0.3 is 11.9 Å². The van der Waals surface area contributed by atoms with Crippen molar-refractivity contribution in [3.8, 4) is 0 Å². The number of carbonyl (C=O) groups is 2. The Morgan fingerprint density at radius 1 is 0.833 bits per heavy atom. The second-order valence-corrected chi connectivity index (χ2v) is 10.8. The molecule has 2 fully saturated rings. The maximum absolute atomic E-state index is 11.6. The third-order valence-corrected chi connectivity index (χ3v) is 8.65. The number of aliphatic carboxylic acids is 2. The van der Waals surface area contributed by atoms with Gasteiger partial charge in [-0.05, 0) is 0 Å². The molecule has 0 amide bonds. The highest BCUT2D eigenvalue weighted by molar-refractivity contribution is 8.77. The number of rotatable bonds is 12. The first kappa shape index (κ1) is 31.4. The lowest BCUT2D eigenvalue weighted by Gasteiger charge is -2.47. The van der Waals surface area contributed by atoms with E-state index in [9.17, 15) is 50.4 Å². The quantitative estimate of drug-likeness (QED) is 0.0983. The van der Waals surface area contributed by atoms with Crippen LogP contribution in [0.5, 0.6) is 0 Å². The van der Waals surface area contributed by atoms with E-state index in [1.54, 1.807) is 0 Å². The van der Waals surface area contributed by atoms with E-state index in [1.807, 2.05) is 0 Å². The fraction of sp³-hybridized carbons (Fsp3) is 0.889. The molecule has 36 heavy (non-hydrogen) atoms. The molecule has 0 aliphatic carbocycles. The van der Waals surface area contributed by atoms with Gasteiger partial charge in [-0.2, -0.15) is 0 Å². The SMILES string of the molecule is N[C@H](C(=O)O)C(SSC[C@H](N)C(=O)O)C1O[C@H](CO)[C@@H](O[C@@H]2O[C@H](CO)[C@H](O)[C@H](O)[C@H]2O)[C@H](O)[C@H]1O. The summed E-state index contributed by atoms with van der Waals surface area (Å²) in [4.78, 5) is 22.5. The molecule has 2 unspecified atom stereocenters. The summed E-state index contributed by atoms with van der Waals surface area (Å²) in [6.45, 7) is -1.57. The molecule has 2 saturated heterocycles. The van der Waals surface area contributed by atoms with Gasteiger partial charge in [0.05, 0.1) is 18.5 Å². The molecule has 0 aromatic carbocycles. The Bertz CT molecular complexity index is 736. The van der Waals surface area contributed by atoms with E-state index in [0.29, 0.717) is 0 Å². The van der Waals surface area contributed by atoms with Crippen LogP contribution in [0.15, 0.2) is 0 Å². The van der Waals surface area contributed by atoms with Crippen LogP contribution in [0, 0.1) is 0 Å². The third kappa shape index (κ3) is 7.17. The Morgan fingerprint density at radius 2 is 1.44 bits per heavy atom. The van der Waals surface area contributed by atoms with Gasteiger partial charge in [-0.25, -0.2) is 0 Å². The summed E-state index contributed by atoms with van der Waals surface area (Å²) in [6, 6.07) is -2.92. The maximum atomic E-state index is 11.6. The fourth-order valence-corrected chi connectivity index (χ4v) is 6.54. The van der Waals surface area contributed by atoms with Crippen molar-refractivity contribution < 1.29 is 69.8 Å². The van der Waals surface area contributed by atoms with E-state index in [4.69, 9.17) is 30.8 Å². The molecule has 16 nitrogen and oxygen atoms in total. The second kappa shape index (κ2) is 13.8. The van der Waals surface area contributed by atoms with Gasteiger partial charge in [0.1, 0.15) is 67.0 Å². The molecule has 2 heterocycles. The van der Waals surface area contributed by atoms with Crippen molar-refractivity contribution in [1.29, 1.82) is 0 Å². The molecule has 2 aliphatic heterocycles. The normalized spacial score (nSPS) is 39.8. The average molecular weight is 565 g/mol. The first-order chi connectivity index (χ1) is 16.8. The van der Waals surface area contributed by atoms with Crippen LogP contribution in [0.1, 0.15) is 0 Å². The van der Waals surface area contributed by atoms with Crippen LogP contribution in [-0.2, 0) is 23.8 Å². The van der Waals surface area contributed by atoms with Gasteiger partial charge in [-0.1, -0.05) is 21.6 Å². The summed E-state index contributed by atoms with van der Waals surface area (Å²) in [6.07, 6.45) is -16.6. The summed E-state index contributed by atoms with van der Waals surface area (Å²) in [5, 5.41) is 87.7. The largest absolute Gasteiger partial charge is 0.480 e. The van der Waals surface area contributed by atoms with Gasteiger partial charge in [0.2, 0.25) is 0 Å². The van der Waals surface area contributed by atoms with E-state index in [0.717, 1.165) is 21.6 Å². The zero-order valence-corrected chi connectivity index (χ0v) is 20.3. The predicted octanol–water partition coefficient (Wildman–Crippen LogP) is -5.77. The van der Waals surface area contributed by atoms with E-state index in [2.05, 4.69) is 0 Å². The molecule has 0 bridgehead atoms. The first-order valence-electron chi connectivity index (χ1n) is 10.7. The molecule has 0 radical (unpaired) electrons. The van der Waals surface area contributed by atoms with Gasteiger partial charge in [0, 0.05) is 5.75 Å². The van der Waals surface area contributed by atoms with Crippen LogP contribution >= 0.6 is 21.6 Å². The van der Waals surface area contributed by atoms with Crippen molar-refractivity contribution >= 4 is 33.5 Å². The van der Waals surface area contributed by atoms with Gasteiger partial charge in [-0.3, -0.25) is 9.59 Å². The van der Waals surface area contributed by atoms with Gasteiger partial charge in [0.15, 0.2) is 6.29 Å². The topological polar surface area (TPSA) is 296 Å². The lowest BCUT2D eigenvalue weighted by atomic mass is 9.91. The Kier molecular flexibility index (Phi) is 12.0. The van der Waals surface area contributed by atoms with Crippen molar-refractivity contribution in [1.82, 2.24) is 0 Å². The highest BCUT2D eigenvalue weighted by Crippen LogP contribution is 2.38. The van der Waals surface area contributed by atoms with Crippen LogP contribution in [0.3, 0.4) is 0 Å². The molecule has 13 atom stereocenters. The zero-order valence-electron chi connectivity index (χ0n) is 18.7. The molecule has 0 saturated carbocycles. The van der Waals surface area contributed by atoms with Gasteiger partial charge in [0.25, 0.3) is 0 Å². The number of carboxylic acids is 2. The second-order valence-electron chi connectivity index (χ2n) is 8.25. The lowest BCUT2D eigenvalue weighted by Crippen LogP contribution is -2.66. The minimum atomic E-state index is -1.86. The van der Waals surface area contributed by atoms with Crippen molar-refractivity contribution in [2.45, 2.75) is 78.6 Å². The molecule has 0 spiro atoms. The zero-order chi connectivity index (χ0) is 27.3. The average Bonchev–Trinajstić information content (AvgIpc) is 2.84. The van der Waals surface area contributed by atoms with E-state index >= 15 is 0 Å². The number of hydrogen-bond donors (Lipinski definition) is 11. The summed E-state index contributed by atoms with van der Waals surface area (Å²) < 4.78 is 16.3. The molecule has 0 aromatic heterocycles. The summed E-state index contributed by atoms with van der Waals surface area (Å²) in [5.74, 6) is -2.93. The Labute approximate surface area is 212 Å². The number of carboxylic acid groups (broad SMARTS) is 2. The maximum Gasteiger partial charge on any atom is 0.321 e. The van der Waals surface area contributed by atoms with Crippen molar-refractivity contribution in [2.24, 2.45) is 11.5 Å². The van der Waals surface area contributed by atoms with Crippen LogP contribution in [0.4, 0.5) is 0 Å². The van der Waals surface area contributed by atoms with Gasteiger partial charge < -0.3 is 71.6 Å². The summed E-state index contributed by atoms with van der Waals surface area (Å²) in [7, 11) is 1.62. The highest BCUT2D eigenvalue weighted by atomic mass is 33.1.